The van der Waals surface area contributed by atoms with Crippen molar-refractivity contribution in [3.05, 3.63) is 36.0 Å². The number of hydrogen-bond donors (Lipinski definition) is 2. The highest BCUT2D eigenvalue weighted by Gasteiger charge is 2.07. The van der Waals surface area contributed by atoms with E-state index >= 15 is 0 Å². The van der Waals surface area contributed by atoms with Gasteiger partial charge >= 0.3 is 0 Å². The van der Waals surface area contributed by atoms with Crippen LogP contribution in [0.5, 0.6) is 0 Å². The Labute approximate surface area is 75.0 Å². The van der Waals surface area contributed by atoms with Crippen LogP contribution in [0.1, 0.15) is 5.56 Å². The second kappa shape index (κ2) is 3.18. The van der Waals surface area contributed by atoms with E-state index in [-0.39, 0.29) is 6.42 Å². The van der Waals surface area contributed by atoms with Gasteiger partial charge in [0.2, 0.25) is 0 Å². The maximum atomic E-state index is 12.3. The number of aliphatic hydroxyl groups is 1. The number of hydrogen-bond acceptors (Lipinski definition) is 1. The second-order valence-corrected chi connectivity index (χ2v) is 3.00. The molecule has 0 radical (unpaired) electrons. The zero-order valence-electron chi connectivity index (χ0n) is 7.00. The van der Waals surface area contributed by atoms with Crippen molar-refractivity contribution in [3.63, 3.8) is 0 Å². The number of aromatic nitrogens is 1. The lowest BCUT2D eigenvalue weighted by Crippen LogP contribution is -2.01. The van der Waals surface area contributed by atoms with Gasteiger partial charge in [-0.2, -0.15) is 0 Å². The molecule has 2 aromatic rings. The van der Waals surface area contributed by atoms with Crippen LogP contribution in [0.25, 0.3) is 10.9 Å². The number of aromatic amines is 1. The summed E-state index contributed by atoms with van der Waals surface area (Å²) in [6.07, 6.45) is -0.00324. The summed E-state index contributed by atoms with van der Waals surface area (Å²) < 4.78 is 12.3. The Morgan fingerprint density at radius 1 is 1.38 bits per heavy atom. The minimum absolute atomic E-state index is 0.0456. The molecule has 2 N–H and O–H groups in total. The maximum absolute atomic E-state index is 12.3. The van der Waals surface area contributed by atoms with Crippen LogP contribution in [0.2, 0.25) is 0 Å². The van der Waals surface area contributed by atoms with Gasteiger partial charge in [-0.3, -0.25) is 0 Å². The average Bonchev–Trinajstić information content (AvgIpc) is 2.48. The van der Waals surface area contributed by atoms with Gasteiger partial charge in [-0.05, 0) is 11.6 Å². The first-order valence-corrected chi connectivity index (χ1v) is 4.14. The maximum Gasteiger partial charge on any atom is 0.200 e. The summed E-state index contributed by atoms with van der Waals surface area (Å²) in [5.41, 5.74) is 1.78. The molecule has 3 heteroatoms. The Kier molecular flexibility index (Phi) is 2.02. The zero-order valence-corrected chi connectivity index (χ0v) is 7.00. The molecule has 0 aliphatic heterocycles. The second-order valence-electron chi connectivity index (χ2n) is 3.00. The van der Waals surface area contributed by atoms with Gasteiger partial charge in [0.15, 0.2) is 6.36 Å². The number of halogens is 1. The third kappa shape index (κ3) is 1.55. The minimum atomic E-state index is -1.78. The first-order valence-electron chi connectivity index (χ1n) is 4.14. The van der Waals surface area contributed by atoms with Gasteiger partial charge in [0.05, 0.1) is 0 Å². The molecular weight excluding hydrogens is 169 g/mol. The molecule has 0 spiro atoms. The lowest BCUT2D eigenvalue weighted by atomic mass is 10.1. The van der Waals surface area contributed by atoms with Gasteiger partial charge in [0.1, 0.15) is 0 Å². The summed E-state index contributed by atoms with van der Waals surface area (Å²) in [6, 6.07) is 7.63. The molecule has 2 nitrogen and oxygen atoms in total. The van der Waals surface area contributed by atoms with Gasteiger partial charge in [-0.1, -0.05) is 18.2 Å². The first kappa shape index (κ1) is 8.26. The third-order valence-corrected chi connectivity index (χ3v) is 2.06. The van der Waals surface area contributed by atoms with Crippen LogP contribution >= 0.6 is 0 Å². The SMILES string of the molecule is OC(F)Cc1c[nH]c2ccccc12. The minimum Gasteiger partial charge on any atom is -0.364 e. The van der Waals surface area contributed by atoms with Crippen LogP contribution < -0.4 is 0 Å². The fourth-order valence-corrected chi connectivity index (χ4v) is 1.48. The molecule has 0 aliphatic carbocycles. The molecule has 1 atom stereocenters. The summed E-state index contributed by atoms with van der Waals surface area (Å²) in [5, 5.41) is 9.57. The Morgan fingerprint density at radius 2 is 2.15 bits per heavy atom. The van der Waals surface area contributed by atoms with Gasteiger partial charge in [0, 0.05) is 23.5 Å². The van der Waals surface area contributed by atoms with E-state index in [1.807, 2.05) is 24.3 Å². The molecule has 0 aliphatic rings. The normalized spacial score (nSPS) is 13.4. The molecule has 68 valence electrons. The Balaban J connectivity index is 2.46. The molecule has 0 amide bonds. The lowest BCUT2D eigenvalue weighted by molar-refractivity contribution is 0.0432. The van der Waals surface area contributed by atoms with Crippen molar-refractivity contribution in [3.8, 4) is 0 Å². The van der Waals surface area contributed by atoms with Crippen LogP contribution in [0.4, 0.5) is 4.39 Å². The molecule has 1 aromatic heterocycles. The Bertz CT molecular complexity index is 408. The number of H-pyrrole nitrogens is 1. The fraction of sp³-hybridized carbons (Fsp3) is 0.200. The van der Waals surface area contributed by atoms with Crippen LogP contribution in [-0.4, -0.2) is 16.4 Å². The molecule has 1 heterocycles. The van der Waals surface area contributed by atoms with Crippen LogP contribution in [-0.2, 0) is 6.42 Å². The number of rotatable bonds is 2. The van der Waals surface area contributed by atoms with E-state index < -0.39 is 6.36 Å². The highest BCUT2D eigenvalue weighted by atomic mass is 19.1. The predicted octanol–water partition coefficient (Wildman–Crippen LogP) is 2.00. The molecule has 13 heavy (non-hydrogen) atoms. The monoisotopic (exact) mass is 179 g/mol. The van der Waals surface area contributed by atoms with E-state index in [4.69, 9.17) is 5.11 Å². The summed E-state index contributed by atoms with van der Waals surface area (Å²) in [6.45, 7) is 0. The van der Waals surface area contributed by atoms with Crippen molar-refractivity contribution in [2.75, 3.05) is 0 Å². The van der Waals surface area contributed by atoms with Crippen molar-refractivity contribution in [1.29, 1.82) is 0 Å². The van der Waals surface area contributed by atoms with Crippen molar-refractivity contribution >= 4 is 10.9 Å². The van der Waals surface area contributed by atoms with Crippen LogP contribution in [0, 0.1) is 0 Å². The molecule has 1 aromatic carbocycles. The molecule has 0 saturated heterocycles. The number of para-hydroxylation sites is 1. The average molecular weight is 179 g/mol. The summed E-state index contributed by atoms with van der Waals surface area (Å²) in [7, 11) is 0. The molecule has 2 rings (SSSR count). The van der Waals surface area contributed by atoms with E-state index in [0.717, 1.165) is 16.5 Å². The van der Waals surface area contributed by atoms with Crippen molar-refractivity contribution in [2.24, 2.45) is 0 Å². The predicted molar refractivity (Wildman–Crippen MR) is 49.1 cm³/mol. The number of alkyl halides is 1. The number of benzene rings is 1. The topological polar surface area (TPSA) is 36.0 Å². The van der Waals surface area contributed by atoms with Crippen molar-refractivity contribution in [2.45, 2.75) is 12.8 Å². The standard InChI is InChI=1S/C10H10FNO/c11-10(13)5-7-6-12-9-4-2-1-3-8(7)9/h1-4,6,10,12-13H,5H2. The summed E-state index contributed by atoms with van der Waals surface area (Å²) in [4.78, 5) is 3.02. The van der Waals surface area contributed by atoms with Gasteiger partial charge in [0.25, 0.3) is 0 Å². The Morgan fingerprint density at radius 3 is 2.92 bits per heavy atom. The highest BCUT2D eigenvalue weighted by molar-refractivity contribution is 5.83. The lowest BCUT2D eigenvalue weighted by Gasteiger charge is -1.98. The highest BCUT2D eigenvalue weighted by Crippen LogP contribution is 2.18. The largest absolute Gasteiger partial charge is 0.364 e. The number of nitrogens with one attached hydrogen (secondary N) is 1. The third-order valence-electron chi connectivity index (χ3n) is 2.06. The molecule has 0 fully saturated rings. The van der Waals surface area contributed by atoms with Crippen LogP contribution in [0.15, 0.2) is 30.5 Å². The quantitative estimate of drug-likeness (QED) is 0.726. The van der Waals surface area contributed by atoms with E-state index in [9.17, 15) is 4.39 Å². The molecule has 0 bridgehead atoms. The molecule has 1 unspecified atom stereocenters. The van der Waals surface area contributed by atoms with Gasteiger partial charge < -0.3 is 10.1 Å². The van der Waals surface area contributed by atoms with E-state index in [1.165, 1.54) is 0 Å². The summed E-state index contributed by atoms with van der Waals surface area (Å²) >= 11 is 0. The van der Waals surface area contributed by atoms with E-state index in [1.54, 1.807) is 6.20 Å². The molecular formula is C10H10FNO. The van der Waals surface area contributed by atoms with Gasteiger partial charge in [-0.25, -0.2) is 4.39 Å². The van der Waals surface area contributed by atoms with Crippen molar-refractivity contribution < 1.29 is 9.50 Å². The van der Waals surface area contributed by atoms with Crippen LogP contribution in [0.3, 0.4) is 0 Å². The fourth-order valence-electron chi connectivity index (χ4n) is 1.48. The Hall–Kier alpha value is -1.35. The summed E-state index contributed by atoms with van der Waals surface area (Å²) in [5.74, 6) is 0. The van der Waals surface area contributed by atoms with E-state index in [2.05, 4.69) is 4.98 Å². The zero-order chi connectivity index (χ0) is 9.26. The molecule has 0 saturated carbocycles. The number of fused-ring (bicyclic) bond motifs is 1. The van der Waals surface area contributed by atoms with Crippen molar-refractivity contribution in [1.82, 2.24) is 4.98 Å². The van der Waals surface area contributed by atoms with Gasteiger partial charge in [-0.15, -0.1) is 0 Å². The van der Waals surface area contributed by atoms with E-state index in [0.29, 0.717) is 0 Å². The smallest absolute Gasteiger partial charge is 0.200 e. The number of aliphatic hydroxyl groups excluding tert-OH is 1. The first-order chi connectivity index (χ1) is 6.27.